The summed E-state index contributed by atoms with van der Waals surface area (Å²) in [6.07, 6.45) is 13.8. The number of allylic oxidation sites excluding steroid dienone is 4. The molecule has 1 unspecified atom stereocenters. The molecule has 1 N–H and O–H groups in total. The fraction of sp³-hybridized carbons (Fsp3) is 0.500. The highest BCUT2D eigenvalue weighted by Crippen LogP contribution is 2.38. The van der Waals surface area contributed by atoms with Crippen molar-refractivity contribution in [3.05, 3.63) is 95.6 Å². The minimum absolute atomic E-state index is 0.101. The Hall–Kier alpha value is -2.49. The number of hydrogen-bond donors (Lipinski definition) is 1. The molecule has 2 aromatic rings. The number of aliphatic hydroxyl groups is 1. The van der Waals surface area contributed by atoms with E-state index in [1.807, 2.05) is 74.5 Å². The minimum Gasteiger partial charge on any atom is -0.380 e. The fourth-order valence-corrected chi connectivity index (χ4v) is 4.93. The molecule has 3 heteroatoms. The number of hydrogen-bond acceptors (Lipinski definition) is 3. The molecule has 0 fully saturated rings. The zero-order chi connectivity index (χ0) is 27.2. The van der Waals surface area contributed by atoms with Gasteiger partial charge in [-0.15, -0.1) is 0 Å². The zero-order valence-corrected chi connectivity index (χ0v) is 23.8. The molecule has 1 atom stereocenters. The van der Waals surface area contributed by atoms with E-state index in [1.54, 1.807) is 0 Å². The van der Waals surface area contributed by atoms with Gasteiger partial charge in [-0.1, -0.05) is 112 Å². The Bertz CT molecular complexity index is 922. The molecule has 0 saturated heterocycles. The Morgan fingerprint density at radius 1 is 0.946 bits per heavy atom. The summed E-state index contributed by atoms with van der Waals surface area (Å²) in [7, 11) is 0. The van der Waals surface area contributed by atoms with Gasteiger partial charge in [-0.3, -0.25) is 0 Å². The third-order valence-electron chi connectivity index (χ3n) is 7.56. The maximum atomic E-state index is 12.0. The normalized spacial score (nSPS) is 13.9. The first kappa shape index (κ1) is 30.7. The van der Waals surface area contributed by atoms with Gasteiger partial charge in [0.15, 0.2) is 0 Å². The van der Waals surface area contributed by atoms with Crippen molar-refractivity contribution in [3.8, 4) is 0 Å². The van der Waals surface area contributed by atoms with Crippen molar-refractivity contribution < 1.29 is 9.90 Å². The molecule has 202 valence electrons. The first-order valence-electron chi connectivity index (χ1n) is 14.1. The summed E-state index contributed by atoms with van der Waals surface area (Å²) in [5.41, 5.74) is 2.00. The maximum absolute atomic E-state index is 12.0. The van der Waals surface area contributed by atoms with Gasteiger partial charge in [-0.05, 0) is 82.1 Å². The van der Waals surface area contributed by atoms with Crippen LogP contribution >= 0.6 is 0 Å². The predicted molar refractivity (Wildman–Crippen MR) is 158 cm³/mol. The van der Waals surface area contributed by atoms with Gasteiger partial charge in [0.25, 0.3) is 0 Å². The average Bonchev–Trinajstić information content (AvgIpc) is 2.93. The van der Waals surface area contributed by atoms with E-state index in [4.69, 9.17) is 0 Å². The second-order valence-corrected chi connectivity index (χ2v) is 11.0. The number of nitrogens with zero attached hydrogens (tertiary/aromatic N) is 1. The number of carbonyl (C=O) groups is 1. The molecule has 37 heavy (non-hydrogen) atoms. The van der Waals surface area contributed by atoms with E-state index in [-0.39, 0.29) is 11.3 Å². The number of carbonyl (C=O) groups excluding carboxylic acids is 1. The first-order valence-corrected chi connectivity index (χ1v) is 14.1. The van der Waals surface area contributed by atoms with E-state index in [2.05, 4.69) is 43.9 Å². The fourth-order valence-electron chi connectivity index (χ4n) is 4.93. The van der Waals surface area contributed by atoms with Crippen LogP contribution in [-0.4, -0.2) is 35.9 Å². The Kier molecular flexibility index (Phi) is 13.0. The van der Waals surface area contributed by atoms with Gasteiger partial charge in [-0.2, -0.15) is 0 Å². The lowest BCUT2D eigenvalue weighted by molar-refractivity contribution is -0.114. The number of unbranched alkanes of at least 4 members (excludes halogenated alkanes) is 1. The third-order valence-corrected chi connectivity index (χ3v) is 7.56. The van der Waals surface area contributed by atoms with Crippen LogP contribution in [0, 0.1) is 11.3 Å². The van der Waals surface area contributed by atoms with E-state index >= 15 is 0 Å². The molecule has 0 heterocycles. The molecule has 0 bridgehead atoms. The Morgan fingerprint density at radius 2 is 1.51 bits per heavy atom. The molecule has 0 aliphatic carbocycles. The third kappa shape index (κ3) is 9.72. The first-order chi connectivity index (χ1) is 17.8. The lowest BCUT2D eigenvalue weighted by Crippen LogP contribution is -2.35. The lowest BCUT2D eigenvalue weighted by Gasteiger charge is -2.36. The summed E-state index contributed by atoms with van der Waals surface area (Å²) < 4.78 is 0. The van der Waals surface area contributed by atoms with Crippen molar-refractivity contribution in [2.24, 2.45) is 11.3 Å². The van der Waals surface area contributed by atoms with Crippen LogP contribution < -0.4 is 0 Å². The van der Waals surface area contributed by atoms with Crippen LogP contribution in [0.1, 0.15) is 84.3 Å². The van der Waals surface area contributed by atoms with Crippen molar-refractivity contribution in [2.75, 3.05) is 19.6 Å². The standard InChI is InChI=1S/C34H49NO2/c1-6-30(20-16-25-33(4,5)28-36)19-14-15-26-35(7-2)27-17-18-29(3)34(37,31-21-10-8-11-22-31)32-23-12-9-13-24-32/h6,8-13,16,20-24,28-29,37H,7,14-15,17-19,25-27H2,1-5H3/b20-16-,30-6-. The molecule has 2 rings (SSSR count). The maximum Gasteiger partial charge on any atom is 0.125 e. The molecule has 0 spiro atoms. The van der Waals surface area contributed by atoms with Crippen molar-refractivity contribution in [1.82, 2.24) is 4.90 Å². The van der Waals surface area contributed by atoms with Gasteiger partial charge in [0.2, 0.25) is 0 Å². The van der Waals surface area contributed by atoms with E-state index < -0.39 is 5.60 Å². The summed E-state index contributed by atoms with van der Waals surface area (Å²) in [4.78, 5) is 13.6. The second-order valence-electron chi connectivity index (χ2n) is 11.0. The highest BCUT2D eigenvalue weighted by atomic mass is 16.3. The SMILES string of the molecule is C/C=C(\C=C/CC(C)(C)C=O)CCCCN(CC)CCCC(C)C(O)(c1ccccc1)c1ccccc1. The summed E-state index contributed by atoms with van der Waals surface area (Å²) >= 11 is 0. The molecular weight excluding hydrogens is 454 g/mol. The van der Waals surface area contributed by atoms with Gasteiger partial charge in [0.05, 0.1) is 0 Å². The molecule has 3 nitrogen and oxygen atoms in total. The summed E-state index contributed by atoms with van der Waals surface area (Å²) in [5.74, 6) is 0.101. The van der Waals surface area contributed by atoms with Crippen molar-refractivity contribution in [3.63, 3.8) is 0 Å². The summed E-state index contributed by atoms with van der Waals surface area (Å²) in [5, 5.41) is 12.0. The molecule has 0 aliphatic rings. The number of rotatable bonds is 17. The highest BCUT2D eigenvalue weighted by Gasteiger charge is 2.37. The number of benzene rings is 2. The van der Waals surface area contributed by atoms with Crippen LogP contribution in [-0.2, 0) is 10.4 Å². The number of aldehydes is 1. The Morgan fingerprint density at radius 3 is 2.03 bits per heavy atom. The predicted octanol–water partition coefficient (Wildman–Crippen LogP) is 7.95. The molecule has 0 aromatic heterocycles. The van der Waals surface area contributed by atoms with Crippen LogP contribution in [0.15, 0.2) is 84.5 Å². The van der Waals surface area contributed by atoms with Gasteiger partial charge in [0.1, 0.15) is 11.9 Å². The second kappa shape index (κ2) is 15.7. The van der Waals surface area contributed by atoms with Crippen LogP contribution in [0.5, 0.6) is 0 Å². The topological polar surface area (TPSA) is 40.5 Å². The van der Waals surface area contributed by atoms with E-state index in [1.165, 1.54) is 12.0 Å². The summed E-state index contributed by atoms with van der Waals surface area (Å²) in [6.45, 7) is 13.7. The minimum atomic E-state index is -0.989. The Balaban J connectivity index is 1.84. The van der Waals surface area contributed by atoms with Gasteiger partial charge >= 0.3 is 0 Å². The lowest BCUT2D eigenvalue weighted by atomic mass is 9.75. The molecule has 0 radical (unpaired) electrons. The monoisotopic (exact) mass is 503 g/mol. The van der Waals surface area contributed by atoms with Gasteiger partial charge < -0.3 is 14.8 Å². The molecule has 0 amide bonds. The zero-order valence-electron chi connectivity index (χ0n) is 23.8. The van der Waals surface area contributed by atoms with E-state index in [9.17, 15) is 9.90 Å². The highest BCUT2D eigenvalue weighted by molar-refractivity contribution is 5.58. The average molecular weight is 504 g/mol. The van der Waals surface area contributed by atoms with Crippen LogP contribution in [0.25, 0.3) is 0 Å². The largest absolute Gasteiger partial charge is 0.380 e. The van der Waals surface area contributed by atoms with Crippen LogP contribution in [0.4, 0.5) is 0 Å². The molecule has 0 saturated carbocycles. The van der Waals surface area contributed by atoms with Gasteiger partial charge in [-0.25, -0.2) is 0 Å². The van der Waals surface area contributed by atoms with Gasteiger partial charge in [0, 0.05) is 5.41 Å². The van der Waals surface area contributed by atoms with Crippen molar-refractivity contribution in [1.29, 1.82) is 0 Å². The summed E-state index contributed by atoms with van der Waals surface area (Å²) in [6, 6.07) is 20.2. The smallest absolute Gasteiger partial charge is 0.125 e. The van der Waals surface area contributed by atoms with Crippen molar-refractivity contribution >= 4 is 6.29 Å². The van der Waals surface area contributed by atoms with Crippen LogP contribution in [0.2, 0.25) is 0 Å². The van der Waals surface area contributed by atoms with E-state index in [0.717, 1.165) is 69.2 Å². The van der Waals surface area contributed by atoms with E-state index in [0.29, 0.717) is 0 Å². The molecule has 2 aromatic carbocycles. The Labute approximate surface area is 226 Å². The quantitative estimate of drug-likeness (QED) is 0.135. The van der Waals surface area contributed by atoms with Crippen molar-refractivity contribution in [2.45, 2.75) is 78.7 Å². The molecular formula is C34H49NO2. The molecule has 0 aliphatic heterocycles. The van der Waals surface area contributed by atoms with Crippen LogP contribution in [0.3, 0.4) is 0 Å².